The third kappa shape index (κ3) is 3.71. The Morgan fingerprint density at radius 2 is 1.74 bits per heavy atom. The summed E-state index contributed by atoms with van der Waals surface area (Å²) in [5, 5.41) is 6.70. The van der Waals surface area contributed by atoms with Gasteiger partial charge in [0.1, 0.15) is 0 Å². The van der Waals surface area contributed by atoms with E-state index in [-0.39, 0.29) is 0 Å². The van der Waals surface area contributed by atoms with Crippen LogP contribution in [0.5, 0.6) is 0 Å². The van der Waals surface area contributed by atoms with Gasteiger partial charge >= 0.3 is 0 Å². The maximum Gasteiger partial charge on any atom is 0.223 e. The van der Waals surface area contributed by atoms with Crippen LogP contribution >= 0.6 is 0 Å². The summed E-state index contributed by atoms with van der Waals surface area (Å²) in [5.41, 5.74) is 0. The molecule has 3 fully saturated rings. The van der Waals surface area contributed by atoms with Crippen molar-refractivity contribution in [1.82, 2.24) is 10.6 Å². The van der Waals surface area contributed by atoms with Gasteiger partial charge in [-0.05, 0) is 50.1 Å². The molecule has 1 saturated heterocycles. The average molecular weight is 264 g/mol. The quantitative estimate of drug-likeness (QED) is 0.800. The molecule has 19 heavy (non-hydrogen) atoms. The summed E-state index contributed by atoms with van der Waals surface area (Å²) in [6, 6.07) is 0. The van der Waals surface area contributed by atoms with Crippen molar-refractivity contribution in [2.24, 2.45) is 23.7 Å². The van der Waals surface area contributed by atoms with E-state index in [1.807, 2.05) is 0 Å². The highest BCUT2D eigenvalue weighted by Crippen LogP contribution is 2.33. The van der Waals surface area contributed by atoms with Crippen LogP contribution in [0.3, 0.4) is 0 Å². The molecular weight excluding hydrogens is 236 g/mol. The van der Waals surface area contributed by atoms with Crippen LogP contribution in [0, 0.1) is 23.7 Å². The number of nitrogens with one attached hydrogen (secondary N) is 2. The van der Waals surface area contributed by atoms with Gasteiger partial charge in [0.2, 0.25) is 5.91 Å². The zero-order chi connectivity index (χ0) is 13.1. The number of rotatable bonds is 5. The predicted molar refractivity (Wildman–Crippen MR) is 76.8 cm³/mol. The zero-order valence-electron chi connectivity index (χ0n) is 12.0. The Kier molecular flexibility index (Phi) is 4.42. The molecule has 1 amide bonds. The number of hydrogen-bond acceptors (Lipinski definition) is 2. The van der Waals surface area contributed by atoms with Gasteiger partial charge < -0.3 is 10.6 Å². The van der Waals surface area contributed by atoms with Crippen LogP contribution in [0.1, 0.15) is 51.4 Å². The van der Waals surface area contributed by atoms with E-state index in [0.717, 1.165) is 37.8 Å². The van der Waals surface area contributed by atoms with Crippen molar-refractivity contribution in [3.63, 3.8) is 0 Å². The molecule has 0 aromatic rings. The maximum absolute atomic E-state index is 11.7. The van der Waals surface area contributed by atoms with Gasteiger partial charge in [-0.25, -0.2) is 0 Å². The number of carbonyl (C=O) groups excluding carboxylic acids is 1. The molecule has 0 aromatic heterocycles. The largest absolute Gasteiger partial charge is 0.356 e. The molecule has 0 bridgehead atoms. The van der Waals surface area contributed by atoms with E-state index in [4.69, 9.17) is 0 Å². The number of hydrogen-bond donors (Lipinski definition) is 2. The van der Waals surface area contributed by atoms with Gasteiger partial charge in [0.25, 0.3) is 0 Å². The molecule has 1 heterocycles. The SMILES string of the molecule is O=C(NC[C@@H]1CNC[C@H]1CC1CCCCC1)C1CC1. The Bertz CT molecular complexity index is 308. The summed E-state index contributed by atoms with van der Waals surface area (Å²) in [7, 11) is 0. The van der Waals surface area contributed by atoms with Crippen LogP contribution in [0.4, 0.5) is 0 Å². The first-order valence-electron chi connectivity index (χ1n) is 8.31. The lowest BCUT2D eigenvalue weighted by atomic mass is 9.79. The lowest BCUT2D eigenvalue weighted by Crippen LogP contribution is -2.34. The smallest absolute Gasteiger partial charge is 0.223 e. The molecule has 0 unspecified atom stereocenters. The summed E-state index contributed by atoms with van der Waals surface area (Å²) in [5.74, 6) is 3.09. The van der Waals surface area contributed by atoms with E-state index >= 15 is 0 Å². The normalized spacial score (nSPS) is 32.4. The fourth-order valence-electron chi connectivity index (χ4n) is 3.87. The molecule has 1 aliphatic heterocycles. The molecule has 3 heteroatoms. The lowest BCUT2D eigenvalue weighted by molar-refractivity contribution is -0.122. The van der Waals surface area contributed by atoms with Crippen molar-refractivity contribution >= 4 is 5.91 Å². The van der Waals surface area contributed by atoms with E-state index < -0.39 is 0 Å². The van der Waals surface area contributed by atoms with Crippen molar-refractivity contribution in [1.29, 1.82) is 0 Å². The standard InChI is InChI=1S/C16H28N2O/c19-16(13-6-7-13)18-11-15-10-17-9-14(15)8-12-4-2-1-3-5-12/h12-15,17H,1-11H2,(H,18,19)/t14-,15+/m1/s1. The van der Waals surface area contributed by atoms with Crippen molar-refractivity contribution in [2.75, 3.05) is 19.6 Å². The van der Waals surface area contributed by atoms with Crippen LogP contribution in [0.2, 0.25) is 0 Å². The van der Waals surface area contributed by atoms with Crippen LogP contribution in [-0.2, 0) is 4.79 Å². The van der Waals surface area contributed by atoms with Crippen LogP contribution in [-0.4, -0.2) is 25.5 Å². The van der Waals surface area contributed by atoms with Gasteiger partial charge in [-0.3, -0.25) is 4.79 Å². The van der Waals surface area contributed by atoms with Gasteiger partial charge in [-0.2, -0.15) is 0 Å². The van der Waals surface area contributed by atoms with Crippen LogP contribution in [0.25, 0.3) is 0 Å². The first-order chi connectivity index (χ1) is 9.33. The second kappa shape index (κ2) is 6.25. The molecule has 3 rings (SSSR count). The Morgan fingerprint density at radius 3 is 2.47 bits per heavy atom. The third-order valence-electron chi connectivity index (χ3n) is 5.33. The molecule has 2 aliphatic carbocycles. The average Bonchev–Trinajstić information content (AvgIpc) is 3.20. The molecule has 2 N–H and O–H groups in total. The molecule has 0 spiro atoms. The fourth-order valence-corrected chi connectivity index (χ4v) is 3.87. The molecule has 3 nitrogen and oxygen atoms in total. The Labute approximate surface area is 116 Å². The van der Waals surface area contributed by atoms with E-state index in [1.54, 1.807) is 0 Å². The van der Waals surface area contributed by atoms with Crippen molar-refractivity contribution < 1.29 is 4.79 Å². The monoisotopic (exact) mass is 264 g/mol. The number of carbonyl (C=O) groups is 1. The molecular formula is C16H28N2O. The van der Waals surface area contributed by atoms with Crippen LogP contribution < -0.4 is 10.6 Å². The molecule has 2 saturated carbocycles. The Balaban J connectivity index is 1.42. The first kappa shape index (κ1) is 13.4. The molecule has 2 atom stereocenters. The Hall–Kier alpha value is -0.570. The van der Waals surface area contributed by atoms with E-state index in [0.29, 0.717) is 17.7 Å². The fraction of sp³-hybridized carbons (Fsp3) is 0.938. The highest BCUT2D eigenvalue weighted by molar-refractivity contribution is 5.80. The summed E-state index contributed by atoms with van der Waals surface area (Å²) >= 11 is 0. The lowest BCUT2D eigenvalue weighted by Gasteiger charge is -2.27. The molecule has 0 aromatic carbocycles. The van der Waals surface area contributed by atoms with Crippen LogP contribution in [0.15, 0.2) is 0 Å². The molecule has 0 radical (unpaired) electrons. The van der Waals surface area contributed by atoms with E-state index in [2.05, 4.69) is 10.6 Å². The van der Waals surface area contributed by atoms with Crippen molar-refractivity contribution in [3.8, 4) is 0 Å². The van der Waals surface area contributed by atoms with E-state index in [1.165, 1.54) is 45.1 Å². The van der Waals surface area contributed by atoms with Gasteiger partial charge in [0, 0.05) is 12.5 Å². The number of amides is 1. The second-order valence-electron chi connectivity index (χ2n) is 6.94. The summed E-state index contributed by atoms with van der Waals surface area (Å²) < 4.78 is 0. The molecule has 3 aliphatic rings. The first-order valence-corrected chi connectivity index (χ1v) is 8.31. The van der Waals surface area contributed by atoms with Gasteiger partial charge in [0.15, 0.2) is 0 Å². The summed E-state index contributed by atoms with van der Waals surface area (Å²) in [6.07, 6.45) is 10.8. The zero-order valence-corrected chi connectivity index (χ0v) is 12.0. The van der Waals surface area contributed by atoms with E-state index in [9.17, 15) is 4.79 Å². The third-order valence-corrected chi connectivity index (χ3v) is 5.33. The summed E-state index contributed by atoms with van der Waals surface area (Å²) in [6.45, 7) is 3.17. The van der Waals surface area contributed by atoms with Gasteiger partial charge in [0.05, 0.1) is 0 Å². The highest BCUT2D eigenvalue weighted by atomic mass is 16.2. The topological polar surface area (TPSA) is 41.1 Å². The minimum absolute atomic E-state index is 0.309. The summed E-state index contributed by atoms with van der Waals surface area (Å²) in [4.78, 5) is 11.7. The second-order valence-corrected chi connectivity index (χ2v) is 6.94. The minimum Gasteiger partial charge on any atom is -0.356 e. The maximum atomic E-state index is 11.7. The highest BCUT2D eigenvalue weighted by Gasteiger charge is 2.33. The predicted octanol–water partition coefficient (Wildman–Crippen LogP) is 2.32. The van der Waals surface area contributed by atoms with Crippen molar-refractivity contribution in [2.45, 2.75) is 51.4 Å². The Morgan fingerprint density at radius 1 is 1.00 bits per heavy atom. The molecule has 108 valence electrons. The van der Waals surface area contributed by atoms with Gasteiger partial charge in [-0.15, -0.1) is 0 Å². The van der Waals surface area contributed by atoms with Crippen molar-refractivity contribution in [3.05, 3.63) is 0 Å². The van der Waals surface area contributed by atoms with Gasteiger partial charge in [-0.1, -0.05) is 32.1 Å². The minimum atomic E-state index is 0.309.